The summed E-state index contributed by atoms with van der Waals surface area (Å²) in [6.07, 6.45) is 1.05. The van der Waals surface area contributed by atoms with E-state index in [2.05, 4.69) is 4.90 Å². The van der Waals surface area contributed by atoms with Gasteiger partial charge in [-0.05, 0) is 25.5 Å². The minimum atomic E-state index is 0.126. The second-order valence-corrected chi connectivity index (χ2v) is 6.19. The zero-order chi connectivity index (χ0) is 16.1. The van der Waals surface area contributed by atoms with Gasteiger partial charge in [-0.3, -0.25) is 4.79 Å². The fraction of sp³-hybridized carbons (Fsp3) is 0.611. The summed E-state index contributed by atoms with van der Waals surface area (Å²) in [5.41, 5.74) is 1.83. The van der Waals surface area contributed by atoms with Crippen molar-refractivity contribution in [1.29, 1.82) is 0 Å². The Morgan fingerprint density at radius 2 is 2.00 bits per heavy atom. The predicted octanol–water partition coefficient (Wildman–Crippen LogP) is 2.02. The molecule has 2 aliphatic rings. The lowest BCUT2D eigenvalue weighted by molar-refractivity contribution is 0.0730. The van der Waals surface area contributed by atoms with Crippen molar-refractivity contribution in [1.82, 2.24) is 4.90 Å². The van der Waals surface area contributed by atoms with Gasteiger partial charge < -0.3 is 19.3 Å². The van der Waals surface area contributed by atoms with Crippen LogP contribution in [0.1, 0.15) is 23.7 Å². The first-order valence-corrected chi connectivity index (χ1v) is 8.58. The van der Waals surface area contributed by atoms with E-state index in [0.717, 1.165) is 70.3 Å². The summed E-state index contributed by atoms with van der Waals surface area (Å²) in [7, 11) is 0. The van der Waals surface area contributed by atoms with E-state index in [1.54, 1.807) is 0 Å². The third-order valence-corrected chi connectivity index (χ3v) is 4.66. The fourth-order valence-electron chi connectivity index (χ4n) is 3.30. The summed E-state index contributed by atoms with van der Waals surface area (Å²) in [5, 5.41) is 0. The number of amides is 1. The normalized spacial score (nSPS) is 21.4. The molecule has 0 spiro atoms. The maximum absolute atomic E-state index is 13.1. The molecule has 0 radical (unpaired) electrons. The van der Waals surface area contributed by atoms with Crippen LogP contribution in [0.3, 0.4) is 0 Å². The first-order chi connectivity index (χ1) is 11.3. The van der Waals surface area contributed by atoms with E-state index in [1.807, 2.05) is 36.1 Å². The molecule has 1 aromatic carbocycles. The third-order valence-electron chi connectivity index (χ3n) is 4.66. The van der Waals surface area contributed by atoms with E-state index in [0.29, 0.717) is 5.92 Å². The molecule has 1 aromatic rings. The lowest BCUT2D eigenvalue weighted by atomic mass is 10.1. The SMILES string of the molecule is CCN(C[C@@H]1CCOC1)C(=O)c1ccccc1N1CCOCC1. The Hall–Kier alpha value is -1.59. The molecule has 1 amide bonds. The van der Waals surface area contributed by atoms with Gasteiger partial charge in [0, 0.05) is 44.4 Å². The molecule has 1 atom stereocenters. The van der Waals surface area contributed by atoms with E-state index >= 15 is 0 Å². The fourth-order valence-corrected chi connectivity index (χ4v) is 3.30. The summed E-state index contributed by atoms with van der Waals surface area (Å²) in [6, 6.07) is 7.94. The van der Waals surface area contributed by atoms with Crippen molar-refractivity contribution in [3.8, 4) is 0 Å². The van der Waals surface area contributed by atoms with Gasteiger partial charge in [0.1, 0.15) is 0 Å². The maximum Gasteiger partial charge on any atom is 0.255 e. The minimum Gasteiger partial charge on any atom is -0.381 e. The van der Waals surface area contributed by atoms with Gasteiger partial charge in [0.2, 0.25) is 0 Å². The van der Waals surface area contributed by atoms with Crippen molar-refractivity contribution in [3.63, 3.8) is 0 Å². The number of carbonyl (C=O) groups is 1. The van der Waals surface area contributed by atoms with Crippen LogP contribution in [0.2, 0.25) is 0 Å². The highest BCUT2D eigenvalue weighted by atomic mass is 16.5. The van der Waals surface area contributed by atoms with E-state index in [1.165, 1.54) is 0 Å². The number of para-hydroxylation sites is 1. The minimum absolute atomic E-state index is 0.126. The number of ether oxygens (including phenoxy) is 2. The Balaban J connectivity index is 1.77. The van der Waals surface area contributed by atoms with Crippen LogP contribution in [0.4, 0.5) is 5.69 Å². The molecule has 0 unspecified atom stereocenters. The second kappa shape index (κ2) is 7.79. The Labute approximate surface area is 138 Å². The van der Waals surface area contributed by atoms with Crippen LogP contribution in [0.25, 0.3) is 0 Å². The highest BCUT2D eigenvalue weighted by molar-refractivity contribution is 5.99. The molecule has 126 valence electrons. The molecule has 0 N–H and O–H groups in total. The Morgan fingerprint density at radius 1 is 1.22 bits per heavy atom. The van der Waals surface area contributed by atoms with E-state index < -0.39 is 0 Å². The van der Waals surface area contributed by atoms with Gasteiger partial charge in [0.05, 0.1) is 25.4 Å². The van der Waals surface area contributed by atoms with Gasteiger partial charge in [-0.2, -0.15) is 0 Å². The predicted molar refractivity (Wildman–Crippen MR) is 90.0 cm³/mol. The van der Waals surface area contributed by atoms with Gasteiger partial charge in [0.25, 0.3) is 5.91 Å². The number of nitrogens with zero attached hydrogens (tertiary/aromatic N) is 2. The molecule has 0 bridgehead atoms. The Kier molecular flexibility index (Phi) is 5.51. The highest BCUT2D eigenvalue weighted by Crippen LogP contribution is 2.24. The average Bonchev–Trinajstić information content (AvgIpc) is 3.13. The third kappa shape index (κ3) is 3.85. The van der Waals surface area contributed by atoms with Gasteiger partial charge in [0.15, 0.2) is 0 Å². The van der Waals surface area contributed by atoms with Crippen molar-refractivity contribution in [2.24, 2.45) is 5.92 Å². The topological polar surface area (TPSA) is 42.0 Å². The number of benzene rings is 1. The molecule has 2 saturated heterocycles. The van der Waals surface area contributed by atoms with Crippen LogP contribution < -0.4 is 4.90 Å². The first-order valence-electron chi connectivity index (χ1n) is 8.58. The zero-order valence-electron chi connectivity index (χ0n) is 13.9. The second-order valence-electron chi connectivity index (χ2n) is 6.19. The lowest BCUT2D eigenvalue weighted by Gasteiger charge is -2.32. The lowest BCUT2D eigenvalue weighted by Crippen LogP contribution is -2.39. The summed E-state index contributed by atoms with van der Waals surface area (Å²) in [4.78, 5) is 17.3. The molecule has 5 nitrogen and oxygen atoms in total. The Morgan fingerprint density at radius 3 is 2.70 bits per heavy atom. The van der Waals surface area contributed by atoms with Crippen LogP contribution in [-0.4, -0.2) is 63.4 Å². The summed E-state index contributed by atoms with van der Waals surface area (Å²) in [5.74, 6) is 0.593. The number of anilines is 1. The number of hydrogen-bond acceptors (Lipinski definition) is 4. The average molecular weight is 318 g/mol. The van der Waals surface area contributed by atoms with Crippen molar-refractivity contribution in [2.75, 3.05) is 57.5 Å². The van der Waals surface area contributed by atoms with E-state index in [9.17, 15) is 4.79 Å². The highest BCUT2D eigenvalue weighted by Gasteiger charge is 2.25. The molecule has 0 aromatic heterocycles. The molecule has 2 fully saturated rings. The van der Waals surface area contributed by atoms with Gasteiger partial charge in [-0.1, -0.05) is 12.1 Å². The Bertz CT molecular complexity index is 523. The van der Waals surface area contributed by atoms with Gasteiger partial charge >= 0.3 is 0 Å². The molecular formula is C18H26N2O3. The molecule has 2 aliphatic heterocycles. The smallest absolute Gasteiger partial charge is 0.255 e. The van der Waals surface area contributed by atoms with E-state index in [-0.39, 0.29) is 5.91 Å². The quantitative estimate of drug-likeness (QED) is 0.833. The summed E-state index contributed by atoms with van der Waals surface area (Å²) >= 11 is 0. The standard InChI is InChI=1S/C18H26N2O3/c1-2-19(13-15-7-10-23-14-15)18(21)16-5-3-4-6-17(16)20-8-11-22-12-9-20/h3-6,15H,2,7-14H2,1H3/t15-/m0/s1. The number of hydrogen-bond donors (Lipinski definition) is 0. The van der Waals surface area contributed by atoms with Crippen molar-refractivity contribution in [3.05, 3.63) is 29.8 Å². The number of carbonyl (C=O) groups excluding carboxylic acids is 1. The molecule has 0 saturated carbocycles. The van der Waals surface area contributed by atoms with Crippen molar-refractivity contribution < 1.29 is 14.3 Å². The van der Waals surface area contributed by atoms with Crippen LogP contribution in [0.5, 0.6) is 0 Å². The van der Waals surface area contributed by atoms with Crippen LogP contribution in [-0.2, 0) is 9.47 Å². The summed E-state index contributed by atoms with van der Waals surface area (Å²) in [6.45, 7) is 8.28. The van der Waals surface area contributed by atoms with Gasteiger partial charge in [-0.25, -0.2) is 0 Å². The zero-order valence-corrected chi connectivity index (χ0v) is 13.9. The van der Waals surface area contributed by atoms with Crippen LogP contribution >= 0.6 is 0 Å². The number of morpholine rings is 1. The maximum atomic E-state index is 13.1. The van der Waals surface area contributed by atoms with Crippen LogP contribution in [0, 0.1) is 5.92 Å². The van der Waals surface area contributed by atoms with E-state index in [4.69, 9.17) is 9.47 Å². The summed E-state index contributed by atoms with van der Waals surface area (Å²) < 4.78 is 10.9. The molecule has 2 heterocycles. The number of rotatable bonds is 5. The first kappa shape index (κ1) is 16.3. The molecule has 23 heavy (non-hydrogen) atoms. The largest absolute Gasteiger partial charge is 0.381 e. The molecular weight excluding hydrogens is 292 g/mol. The molecule has 3 rings (SSSR count). The van der Waals surface area contributed by atoms with Crippen LogP contribution in [0.15, 0.2) is 24.3 Å². The van der Waals surface area contributed by atoms with Crippen molar-refractivity contribution >= 4 is 11.6 Å². The van der Waals surface area contributed by atoms with Crippen molar-refractivity contribution in [2.45, 2.75) is 13.3 Å². The molecule has 5 heteroatoms. The monoisotopic (exact) mass is 318 g/mol. The van der Waals surface area contributed by atoms with Gasteiger partial charge in [-0.15, -0.1) is 0 Å². The molecule has 0 aliphatic carbocycles.